The van der Waals surface area contributed by atoms with Gasteiger partial charge in [0, 0.05) is 50.0 Å². The van der Waals surface area contributed by atoms with Crippen LogP contribution in [0.1, 0.15) is 68.7 Å². The van der Waals surface area contributed by atoms with Crippen LogP contribution in [0.4, 0.5) is 33.0 Å². The summed E-state index contributed by atoms with van der Waals surface area (Å²) < 4.78 is 71.5. The first-order chi connectivity index (χ1) is 21.0. The molecule has 1 saturated heterocycles. The molecule has 2 amide bonds. The topological polar surface area (TPSA) is 87.5 Å². The molecule has 0 spiro atoms. The van der Waals surface area contributed by atoms with E-state index < -0.39 is 30.2 Å². The number of anilines is 2. The van der Waals surface area contributed by atoms with E-state index >= 15 is 0 Å². The molecule has 9 nitrogen and oxygen atoms in total. The number of hydrogen-bond donors (Lipinski definition) is 0. The molecule has 1 atom stereocenters. The van der Waals surface area contributed by atoms with Crippen LogP contribution in [-0.2, 0) is 15.8 Å². The van der Waals surface area contributed by atoms with E-state index in [9.17, 15) is 31.5 Å². The normalized spacial score (nSPS) is 18.3. The van der Waals surface area contributed by atoms with Gasteiger partial charge < -0.3 is 0 Å². The van der Waals surface area contributed by atoms with Crippen LogP contribution in [-0.4, -0.2) is 75.6 Å². The van der Waals surface area contributed by atoms with Crippen molar-refractivity contribution in [3.05, 3.63) is 47.2 Å². The molecule has 3 aromatic rings. The Hall–Kier alpha value is -3.46. The van der Waals surface area contributed by atoms with E-state index in [0.717, 1.165) is 28.5 Å². The highest BCUT2D eigenvalue weighted by Crippen LogP contribution is 2.39. The molecule has 1 saturated carbocycles. The standard InChI is InChI=1S/C29H34F5N7O2S/c1-38(27-35-13-16-44-27)24(43)17-21(11-15-39-14-6-12-28(30,31)18-39)40(19-42)26-36-25(20-7-2-3-8-20)41(37-26)23-10-5-4-9-22(23)29(32,33)34/h4-5,9-10,13,16,19-21H,2-3,6-8,11-12,14-15,17-18H2,1H3/t21-/m0/s1. The number of thiazole rings is 1. The van der Waals surface area contributed by atoms with Gasteiger partial charge in [-0.25, -0.2) is 18.4 Å². The summed E-state index contributed by atoms with van der Waals surface area (Å²) in [6, 6.07) is 4.19. The van der Waals surface area contributed by atoms with Crippen molar-refractivity contribution >= 4 is 34.7 Å². The number of aromatic nitrogens is 4. The smallest absolute Gasteiger partial charge is 0.297 e. The van der Waals surface area contributed by atoms with E-state index in [-0.39, 0.29) is 49.3 Å². The minimum atomic E-state index is -4.66. The molecule has 1 aliphatic heterocycles. The number of rotatable bonds is 11. The number of piperidine rings is 1. The largest absolute Gasteiger partial charge is 0.418 e. The summed E-state index contributed by atoms with van der Waals surface area (Å²) >= 11 is 1.25. The maximum absolute atomic E-state index is 14.1. The number of nitrogens with zero attached hydrogens (tertiary/aromatic N) is 7. The van der Waals surface area contributed by atoms with E-state index in [0.29, 0.717) is 43.2 Å². The molecule has 2 fully saturated rings. The van der Waals surface area contributed by atoms with Crippen LogP contribution in [0.2, 0.25) is 0 Å². The zero-order valence-electron chi connectivity index (χ0n) is 24.2. The van der Waals surface area contributed by atoms with Crippen molar-refractivity contribution in [1.29, 1.82) is 0 Å². The fourth-order valence-electron chi connectivity index (χ4n) is 5.98. The van der Waals surface area contributed by atoms with Crippen molar-refractivity contribution in [2.75, 3.05) is 36.5 Å². The number of likely N-dealkylation sites (tertiary alicyclic amines) is 1. The predicted molar refractivity (Wildman–Crippen MR) is 155 cm³/mol. The Kier molecular flexibility index (Phi) is 9.63. The molecule has 15 heteroatoms. The highest BCUT2D eigenvalue weighted by atomic mass is 32.1. The van der Waals surface area contributed by atoms with E-state index in [1.165, 1.54) is 34.4 Å². The first kappa shape index (κ1) is 31.9. The van der Waals surface area contributed by atoms with E-state index in [1.807, 2.05) is 0 Å². The molecule has 44 heavy (non-hydrogen) atoms. The molecule has 1 aromatic carbocycles. The quantitative estimate of drug-likeness (QED) is 0.192. The van der Waals surface area contributed by atoms with E-state index in [1.54, 1.807) is 23.5 Å². The highest BCUT2D eigenvalue weighted by molar-refractivity contribution is 7.13. The van der Waals surface area contributed by atoms with Crippen molar-refractivity contribution in [2.24, 2.45) is 0 Å². The van der Waals surface area contributed by atoms with Gasteiger partial charge in [-0.15, -0.1) is 16.4 Å². The molecule has 0 N–H and O–H groups in total. The first-order valence-corrected chi connectivity index (χ1v) is 15.5. The minimum absolute atomic E-state index is 0.138. The van der Waals surface area contributed by atoms with E-state index in [4.69, 9.17) is 0 Å². The summed E-state index contributed by atoms with van der Waals surface area (Å²) in [5, 5.41) is 6.60. The molecule has 238 valence electrons. The summed E-state index contributed by atoms with van der Waals surface area (Å²) in [4.78, 5) is 38.9. The van der Waals surface area contributed by atoms with Crippen LogP contribution in [0.3, 0.4) is 0 Å². The number of carbonyl (C=O) groups is 2. The van der Waals surface area contributed by atoms with Crippen LogP contribution in [0.5, 0.6) is 0 Å². The molecular formula is C29H34F5N7O2S. The maximum Gasteiger partial charge on any atom is 0.418 e. The lowest BCUT2D eigenvalue weighted by Crippen LogP contribution is -2.46. The molecular weight excluding hydrogens is 605 g/mol. The van der Waals surface area contributed by atoms with Gasteiger partial charge in [-0.05, 0) is 44.4 Å². The molecule has 0 bridgehead atoms. The summed E-state index contributed by atoms with van der Waals surface area (Å²) in [6.07, 6.45) is 0.572. The Morgan fingerprint density at radius 1 is 1.20 bits per heavy atom. The number of alkyl halides is 5. The Morgan fingerprint density at radius 3 is 2.61 bits per heavy atom. The molecule has 5 rings (SSSR count). The van der Waals surface area contributed by atoms with Crippen LogP contribution >= 0.6 is 11.3 Å². The van der Waals surface area contributed by atoms with Gasteiger partial charge in [-0.2, -0.15) is 18.2 Å². The van der Waals surface area contributed by atoms with Crippen LogP contribution < -0.4 is 9.80 Å². The number of amides is 2. The van der Waals surface area contributed by atoms with Gasteiger partial charge in [0.2, 0.25) is 12.3 Å². The number of halogens is 5. The Bertz CT molecular complexity index is 1430. The van der Waals surface area contributed by atoms with E-state index in [2.05, 4.69) is 15.1 Å². The summed E-state index contributed by atoms with van der Waals surface area (Å²) in [5.74, 6) is -3.21. The molecule has 0 unspecified atom stereocenters. The molecule has 0 radical (unpaired) electrons. The Labute approximate surface area is 255 Å². The van der Waals surface area contributed by atoms with Gasteiger partial charge >= 0.3 is 6.18 Å². The fourth-order valence-corrected chi connectivity index (χ4v) is 6.60. The summed E-state index contributed by atoms with van der Waals surface area (Å²) in [6.45, 7) is 0.190. The van der Waals surface area contributed by atoms with Gasteiger partial charge in [0.1, 0.15) is 5.82 Å². The lowest BCUT2D eigenvalue weighted by molar-refractivity contribution is -0.137. The molecule has 2 aliphatic rings. The number of carbonyl (C=O) groups excluding carboxylic acids is 2. The van der Waals surface area contributed by atoms with Gasteiger partial charge in [0.15, 0.2) is 5.13 Å². The van der Waals surface area contributed by atoms with Crippen LogP contribution in [0, 0.1) is 0 Å². The second-order valence-electron chi connectivity index (χ2n) is 11.3. The highest BCUT2D eigenvalue weighted by Gasteiger charge is 2.38. The number of para-hydroxylation sites is 1. The van der Waals surface area contributed by atoms with Crippen molar-refractivity contribution in [3.8, 4) is 5.69 Å². The molecule has 3 heterocycles. The number of hydrogen-bond acceptors (Lipinski definition) is 7. The van der Waals surface area contributed by atoms with Crippen molar-refractivity contribution in [3.63, 3.8) is 0 Å². The zero-order chi connectivity index (χ0) is 31.5. The maximum atomic E-state index is 14.1. The van der Waals surface area contributed by atoms with Crippen molar-refractivity contribution in [1.82, 2.24) is 24.6 Å². The third-order valence-electron chi connectivity index (χ3n) is 8.26. The predicted octanol–water partition coefficient (Wildman–Crippen LogP) is 5.91. The SMILES string of the molecule is CN(C(=O)C[C@H](CCN1CCCC(F)(F)C1)N(C=O)c1nc(C2CCCC2)n(-c2ccccc2C(F)(F)F)n1)c1nccs1. The molecule has 1 aliphatic carbocycles. The Morgan fingerprint density at radius 2 is 1.95 bits per heavy atom. The van der Waals surface area contributed by atoms with Crippen LogP contribution in [0.15, 0.2) is 35.8 Å². The van der Waals surface area contributed by atoms with Crippen molar-refractivity contribution < 1.29 is 31.5 Å². The zero-order valence-corrected chi connectivity index (χ0v) is 25.0. The minimum Gasteiger partial charge on any atom is -0.297 e. The molecule has 2 aromatic heterocycles. The van der Waals surface area contributed by atoms with Gasteiger partial charge in [0.25, 0.3) is 11.9 Å². The second-order valence-corrected chi connectivity index (χ2v) is 12.2. The lowest BCUT2D eigenvalue weighted by Gasteiger charge is -2.34. The van der Waals surface area contributed by atoms with Gasteiger partial charge in [0.05, 0.1) is 17.8 Å². The van der Waals surface area contributed by atoms with Gasteiger partial charge in [-0.3, -0.25) is 24.3 Å². The number of benzene rings is 1. The lowest BCUT2D eigenvalue weighted by atomic mass is 10.0. The Balaban J connectivity index is 1.50. The summed E-state index contributed by atoms with van der Waals surface area (Å²) in [5.41, 5.74) is -1.10. The third-order valence-corrected chi connectivity index (χ3v) is 9.11. The van der Waals surface area contributed by atoms with Gasteiger partial charge in [-0.1, -0.05) is 25.0 Å². The second kappa shape index (κ2) is 13.3. The monoisotopic (exact) mass is 639 g/mol. The fraction of sp³-hybridized carbons (Fsp3) is 0.552. The van der Waals surface area contributed by atoms with Crippen molar-refractivity contribution in [2.45, 2.75) is 75.4 Å². The summed E-state index contributed by atoms with van der Waals surface area (Å²) in [7, 11) is 1.55. The third kappa shape index (κ3) is 7.25. The average molecular weight is 640 g/mol. The average Bonchev–Trinajstić information content (AvgIpc) is 3.77. The first-order valence-electron chi connectivity index (χ1n) is 14.6. The van der Waals surface area contributed by atoms with Crippen LogP contribution in [0.25, 0.3) is 5.69 Å².